The lowest BCUT2D eigenvalue weighted by molar-refractivity contribution is -0.195. The molecule has 0 bridgehead atoms. The fourth-order valence-electron chi connectivity index (χ4n) is 10.00. The molecule has 0 unspecified atom stereocenters. The standard InChI is InChI=1S/C56H54ClN5O12/c57-31-35-32-62(44-30-46(40-10-5-6-11-41(40)55(35)44)73-54-28-36(63)27-47(74-54)56(71)72)53(70)17-14-33-13-15-34(16-18-50(67)60-25-22-38-37-8-3-4-9-39(37)45(64)29-43(38)60)42(26-33)59-49(66)21-23-58-48(65)12-2-1-7-24-61-51(68)19-20-52(61)69/h3-6,8-11,13-20,26,29-30,35-36,47,54,63-64H,1-2,7,12,21-25,27-28,31-32H2,(H,58,65)(H,59,66)(H,71,72)/b17-14+,18-16+/t35-,36+,47+,54-/m1/s1. The van der Waals surface area contributed by atoms with Gasteiger partial charge in [0.05, 0.1) is 17.5 Å². The van der Waals surface area contributed by atoms with Crippen LogP contribution in [0.5, 0.6) is 11.5 Å². The average molecular weight is 1020 g/mol. The first-order valence-corrected chi connectivity index (χ1v) is 25.1. The summed E-state index contributed by atoms with van der Waals surface area (Å²) in [5, 5.41) is 39.6. The van der Waals surface area contributed by atoms with Gasteiger partial charge in [0.2, 0.25) is 18.1 Å². The smallest absolute Gasteiger partial charge is 0.333 e. The molecule has 0 radical (unpaired) electrons. The maximum atomic E-state index is 14.2. The molecule has 18 heteroatoms. The summed E-state index contributed by atoms with van der Waals surface area (Å²) >= 11 is 6.54. The number of nitrogens with zero attached hydrogens (tertiary/aromatic N) is 3. The summed E-state index contributed by atoms with van der Waals surface area (Å²) in [5.41, 5.74) is 4.31. The van der Waals surface area contributed by atoms with Gasteiger partial charge in [0.25, 0.3) is 23.6 Å². The maximum Gasteiger partial charge on any atom is 0.333 e. The van der Waals surface area contributed by atoms with Gasteiger partial charge < -0.3 is 45.2 Å². The first-order chi connectivity index (χ1) is 35.8. The number of amides is 6. The van der Waals surface area contributed by atoms with Gasteiger partial charge in [0.1, 0.15) is 11.5 Å². The Hall–Kier alpha value is -7.86. The fourth-order valence-corrected chi connectivity index (χ4v) is 10.3. The van der Waals surface area contributed by atoms with Gasteiger partial charge in [0, 0.05) is 117 Å². The monoisotopic (exact) mass is 1020 g/mol. The highest BCUT2D eigenvalue weighted by atomic mass is 35.5. The Morgan fingerprint density at radius 2 is 1.50 bits per heavy atom. The van der Waals surface area contributed by atoms with Crippen LogP contribution in [0.4, 0.5) is 17.1 Å². The summed E-state index contributed by atoms with van der Waals surface area (Å²) < 4.78 is 12.0. The van der Waals surface area contributed by atoms with Crippen molar-refractivity contribution in [3.05, 3.63) is 125 Å². The first kappa shape index (κ1) is 51.1. The number of carboxylic acid groups (broad SMARTS) is 1. The number of imide groups is 1. The van der Waals surface area contributed by atoms with Crippen molar-refractivity contribution in [1.82, 2.24) is 10.2 Å². The number of nitrogens with one attached hydrogen (secondary N) is 2. The van der Waals surface area contributed by atoms with E-state index in [1.807, 2.05) is 48.5 Å². The number of fused-ring (bicyclic) bond motifs is 6. The van der Waals surface area contributed by atoms with Crippen LogP contribution < -0.4 is 25.2 Å². The maximum absolute atomic E-state index is 14.2. The molecule has 4 aliphatic rings. The first-order valence-electron chi connectivity index (χ1n) is 24.6. The van der Waals surface area contributed by atoms with Crippen LogP contribution in [-0.2, 0) is 44.7 Å². The number of anilines is 3. The van der Waals surface area contributed by atoms with Gasteiger partial charge in [-0.3, -0.25) is 33.7 Å². The number of aliphatic hydroxyl groups is 1. The fraction of sp³-hybridized carbons (Fsp3) is 0.304. The van der Waals surface area contributed by atoms with E-state index < -0.39 is 30.4 Å². The topological polar surface area (TPSA) is 232 Å². The molecule has 0 aliphatic carbocycles. The number of carbonyl (C=O) groups excluding carboxylic acids is 6. The number of unbranched alkanes of at least 4 members (excludes halogenated alkanes) is 2. The van der Waals surface area contributed by atoms with E-state index >= 15 is 0 Å². The second-order valence-electron chi connectivity index (χ2n) is 18.6. The van der Waals surface area contributed by atoms with E-state index in [0.29, 0.717) is 76.9 Å². The van der Waals surface area contributed by atoms with Gasteiger partial charge in [-0.2, -0.15) is 0 Å². The van der Waals surface area contributed by atoms with Crippen LogP contribution in [0.15, 0.2) is 103 Å². The molecule has 1 fully saturated rings. The third-order valence-electron chi connectivity index (χ3n) is 13.7. The molecule has 6 amide bonds. The number of benzene rings is 5. The van der Waals surface area contributed by atoms with Gasteiger partial charge in [0.15, 0.2) is 6.10 Å². The molecule has 5 N–H and O–H groups in total. The van der Waals surface area contributed by atoms with Crippen LogP contribution in [0, 0.1) is 0 Å². The van der Waals surface area contributed by atoms with Crippen molar-refractivity contribution in [3.8, 4) is 11.5 Å². The molecule has 4 atom stereocenters. The Balaban J connectivity index is 0.912. The number of ether oxygens (including phenoxy) is 2. The third-order valence-corrected chi connectivity index (χ3v) is 14.0. The number of aliphatic carboxylic acids is 1. The SMILES string of the molecule is O=C(CCCCCN1C(=O)C=CC1=O)NCCC(=O)Nc1cc(/C=C/C(=O)N2C[C@@H](CCl)c3c2cc(O[C@H]2C[C@@H](O)C[C@@H](C(=O)O)O2)c2ccccc32)ccc1/C=C/C(=O)N1CCc2c1cc(O)c1ccccc21. The Kier molecular flexibility index (Phi) is 15.5. The molecule has 0 saturated carbocycles. The number of rotatable bonds is 18. The summed E-state index contributed by atoms with van der Waals surface area (Å²) in [6.45, 7) is 0.979. The number of carbonyl (C=O) groups is 7. The number of phenols is 1. The highest BCUT2D eigenvalue weighted by Gasteiger charge is 2.37. The van der Waals surface area contributed by atoms with Crippen molar-refractivity contribution >= 4 is 104 Å². The molecule has 9 rings (SSSR count). The zero-order valence-electron chi connectivity index (χ0n) is 40.2. The summed E-state index contributed by atoms with van der Waals surface area (Å²) in [6, 6.07) is 23.4. The van der Waals surface area contributed by atoms with Crippen LogP contribution in [-0.4, -0.2) is 112 Å². The molecule has 4 heterocycles. The van der Waals surface area contributed by atoms with Crippen LogP contribution in [0.1, 0.15) is 73.1 Å². The van der Waals surface area contributed by atoms with E-state index in [4.69, 9.17) is 21.1 Å². The zero-order valence-corrected chi connectivity index (χ0v) is 41.0. The number of aliphatic hydroxyl groups excluding tert-OH is 1. The summed E-state index contributed by atoms with van der Waals surface area (Å²) in [4.78, 5) is 93.9. The number of alkyl halides is 1. The second-order valence-corrected chi connectivity index (χ2v) is 18.9. The number of phenolic OH excluding ortho intramolecular Hbond substituents is 1. The van der Waals surface area contributed by atoms with Crippen molar-refractivity contribution in [3.63, 3.8) is 0 Å². The van der Waals surface area contributed by atoms with Crippen LogP contribution >= 0.6 is 11.6 Å². The van der Waals surface area contributed by atoms with E-state index in [1.54, 1.807) is 52.3 Å². The van der Waals surface area contributed by atoms with E-state index in [1.165, 1.54) is 24.3 Å². The van der Waals surface area contributed by atoms with Crippen LogP contribution in [0.25, 0.3) is 33.7 Å². The summed E-state index contributed by atoms with van der Waals surface area (Å²) in [5.74, 6) is -2.92. The largest absolute Gasteiger partial charge is 0.507 e. The summed E-state index contributed by atoms with van der Waals surface area (Å²) in [7, 11) is 0. The van der Waals surface area contributed by atoms with Crippen LogP contribution in [0.3, 0.4) is 0 Å². The average Bonchev–Trinajstić information content (AvgIpc) is 4.09. The number of hydrogen-bond acceptors (Lipinski definition) is 11. The molecule has 0 spiro atoms. The highest BCUT2D eigenvalue weighted by molar-refractivity contribution is 6.19. The van der Waals surface area contributed by atoms with E-state index in [-0.39, 0.29) is 92.4 Å². The van der Waals surface area contributed by atoms with Gasteiger partial charge in [-0.15, -0.1) is 11.6 Å². The quantitative estimate of drug-likeness (QED) is 0.0260. The molecule has 1 saturated heterocycles. The van der Waals surface area contributed by atoms with Gasteiger partial charge in [-0.1, -0.05) is 67.1 Å². The predicted molar refractivity (Wildman–Crippen MR) is 279 cm³/mol. The molecule has 0 aromatic heterocycles. The van der Waals surface area contributed by atoms with E-state index in [9.17, 15) is 48.9 Å². The van der Waals surface area contributed by atoms with Gasteiger partial charge >= 0.3 is 5.97 Å². The number of carboxylic acids is 1. The molecule has 74 heavy (non-hydrogen) atoms. The molecule has 5 aromatic rings. The lowest BCUT2D eigenvalue weighted by Gasteiger charge is -2.31. The van der Waals surface area contributed by atoms with Crippen LogP contribution in [0.2, 0.25) is 0 Å². The third kappa shape index (κ3) is 11.2. The Morgan fingerprint density at radius 3 is 2.26 bits per heavy atom. The second kappa shape index (κ2) is 22.5. The molecular formula is C56H54ClN5O12. The minimum Gasteiger partial charge on any atom is -0.507 e. The molecule has 17 nitrogen and oxygen atoms in total. The normalized spacial score (nSPS) is 19.2. The van der Waals surface area contributed by atoms with Gasteiger partial charge in [-0.25, -0.2) is 4.79 Å². The van der Waals surface area contributed by atoms with Crippen molar-refractivity contribution in [2.45, 2.75) is 75.8 Å². The summed E-state index contributed by atoms with van der Waals surface area (Å²) in [6.07, 6.45) is 7.57. The lowest BCUT2D eigenvalue weighted by atomic mass is 9.95. The van der Waals surface area contributed by atoms with Crippen molar-refractivity contribution in [1.29, 1.82) is 0 Å². The number of aromatic hydroxyl groups is 1. The van der Waals surface area contributed by atoms with Gasteiger partial charge in [-0.05, 0) is 70.5 Å². The molecule has 382 valence electrons. The minimum absolute atomic E-state index is 0.0425. The molecule has 5 aromatic carbocycles. The number of hydrogen-bond donors (Lipinski definition) is 5. The molecule has 4 aliphatic heterocycles. The highest BCUT2D eigenvalue weighted by Crippen LogP contribution is 2.46. The predicted octanol–water partition coefficient (Wildman–Crippen LogP) is 6.94. The lowest BCUT2D eigenvalue weighted by Crippen LogP contribution is -2.42. The Morgan fingerprint density at radius 1 is 0.784 bits per heavy atom. The molecular weight excluding hydrogens is 970 g/mol. The number of halogens is 1. The Bertz CT molecular complexity index is 3150. The zero-order chi connectivity index (χ0) is 52.0. The van der Waals surface area contributed by atoms with E-state index in [2.05, 4.69) is 10.6 Å². The Labute approximate surface area is 430 Å². The van der Waals surface area contributed by atoms with E-state index in [0.717, 1.165) is 26.8 Å². The van der Waals surface area contributed by atoms with Crippen molar-refractivity contribution in [2.75, 3.05) is 47.2 Å². The van der Waals surface area contributed by atoms with Crippen molar-refractivity contribution in [2.24, 2.45) is 0 Å². The minimum atomic E-state index is -1.26. The van der Waals surface area contributed by atoms with Crippen molar-refractivity contribution < 1.29 is 58.4 Å².